The molecule has 1 unspecified atom stereocenters. The topological polar surface area (TPSA) is 86.0 Å². The van der Waals surface area contributed by atoms with E-state index in [9.17, 15) is 5.11 Å². The Morgan fingerprint density at radius 1 is 1.03 bits per heavy atom. The molecule has 1 heterocycles. The van der Waals surface area contributed by atoms with E-state index in [2.05, 4.69) is 10.3 Å². The summed E-state index contributed by atoms with van der Waals surface area (Å²) in [4.78, 5) is 4.11. The molecule has 3 aromatic rings. The predicted octanol–water partition coefficient (Wildman–Crippen LogP) is 2.85. The highest BCUT2D eigenvalue weighted by atomic mass is 16.5. The third-order valence-electron chi connectivity index (χ3n) is 4.62. The van der Waals surface area contributed by atoms with Crippen molar-refractivity contribution in [3.8, 4) is 17.2 Å². The highest BCUT2D eigenvalue weighted by Gasteiger charge is 2.07. The molecule has 0 spiro atoms. The van der Waals surface area contributed by atoms with Crippen LogP contribution in [0.2, 0.25) is 0 Å². The Balaban J connectivity index is 1.34. The second-order valence-electron chi connectivity index (χ2n) is 6.85. The summed E-state index contributed by atoms with van der Waals surface area (Å²) in [7, 11) is 3.25. The molecule has 3 rings (SSSR count). The standard InChI is InChI=1S/C23H28N2O5/c1-27-21-8-5-18(13-22(21)28-2)9-10-24-15-19(26)16-30-20-6-3-17(4-7-20)14-23-25-11-12-29-23/h3-8,11-13,19,24,26H,9-10,14-16H2,1-2H3. The summed E-state index contributed by atoms with van der Waals surface area (Å²) < 4.78 is 21.5. The van der Waals surface area contributed by atoms with E-state index in [1.54, 1.807) is 26.7 Å². The van der Waals surface area contributed by atoms with Crippen molar-refractivity contribution in [3.63, 3.8) is 0 Å². The molecular weight excluding hydrogens is 384 g/mol. The Morgan fingerprint density at radius 2 is 1.80 bits per heavy atom. The first-order chi connectivity index (χ1) is 14.7. The molecule has 0 fully saturated rings. The van der Waals surface area contributed by atoms with E-state index >= 15 is 0 Å². The van der Waals surface area contributed by atoms with Crippen LogP contribution in [0.1, 0.15) is 17.0 Å². The summed E-state index contributed by atoms with van der Waals surface area (Å²) in [5.74, 6) is 2.83. The summed E-state index contributed by atoms with van der Waals surface area (Å²) in [5.41, 5.74) is 2.22. The molecule has 7 heteroatoms. The lowest BCUT2D eigenvalue weighted by molar-refractivity contribution is 0.106. The lowest BCUT2D eigenvalue weighted by Gasteiger charge is -2.14. The van der Waals surface area contributed by atoms with Crippen LogP contribution in [0.15, 0.2) is 59.3 Å². The average molecular weight is 412 g/mol. The summed E-state index contributed by atoms with van der Waals surface area (Å²) in [6.07, 6.45) is 4.06. The Labute approximate surface area is 176 Å². The molecule has 0 bridgehead atoms. The minimum Gasteiger partial charge on any atom is -0.493 e. The quantitative estimate of drug-likeness (QED) is 0.443. The Hall–Kier alpha value is -3.03. The van der Waals surface area contributed by atoms with Gasteiger partial charge in [-0.25, -0.2) is 4.98 Å². The molecule has 1 aromatic heterocycles. The van der Waals surface area contributed by atoms with Crippen molar-refractivity contribution in [2.45, 2.75) is 18.9 Å². The smallest absolute Gasteiger partial charge is 0.198 e. The summed E-state index contributed by atoms with van der Waals surface area (Å²) in [6, 6.07) is 13.6. The number of hydrogen-bond acceptors (Lipinski definition) is 7. The number of aromatic nitrogens is 1. The SMILES string of the molecule is COc1ccc(CCNCC(O)COc2ccc(Cc3ncco3)cc2)cc1OC. The van der Waals surface area contributed by atoms with Crippen molar-refractivity contribution in [2.24, 2.45) is 0 Å². The molecule has 2 N–H and O–H groups in total. The number of methoxy groups -OCH3 is 2. The van der Waals surface area contributed by atoms with E-state index in [4.69, 9.17) is 18.6 Å². The first kappa shape index (κ1) is 21.7. The first-order valence-corrected chi connectivity index (χ1v) is 9.87. The fraction of sp³-hybridized carbons (Fsp3) is 0.348. The maximum absolute atomic E-state index is 10.1. The summed E-state index contributed by atoms with van der Waals surface area (Å²) in [6.45, 7) is 1.42. The lowest BCUT2D eigenvalue weighted by Crippen LogP contribution is -2.32. The van der Waals surface area contributed by atoms with Gasteiger partial charge in [-0.05, 0) is 48.4 Å². The van der Waals surface area contributed by atoms with Gasteiger partial charge in [0.25, 0.3) is 0 Å². The Bertz CT molecular complexity index is 881. The number of benzene rings is 2. The van der Waals surface area contributed by atoms with Gasteiger partial charge in [0.2, 0.25) is 0 Å². The van der Waals surface area contributed by atoms with Gasteiger partial charge in [0.05, 0.1) is 20.4 Å². The molecule has 0 radical (unpaired) electrons. The van der Waals surface area contributed by atoms with E-state index in [0.717, 1.165) is 35.6 Å². The number of rotatable bonds is 12. The number of aliphatic hydroxyl groups is 1. The third kappa shape index (κ3) is 6.50. The van der Waals surface area contributed by atoms with Gasteiger partial charge in [-0.1, -0.05) is 18.2 Å². The molecule has 0 amide bonds. The molecule has 0 aliphatic carbocycles. The van der Waals surface area contributed by atoms with E-state index in [-0.39, 0.29) is 6.61 Å². The van der Waals surface area contributed by atoms with Gasteiger partial charge in [-0.3, -0.25) is 0 Å². The van der Waals surface area contributed by atoms with Gasteiger partial charge in [0, 0.05) is 13.0 Å². The number of nitrogens with zero attached hydrogens (tertiary/aromatic N) is 1. The maximum atomic E-state index is 10.1. The van der Waals surface area contributed by atoms with Crippen molar-refractivity contribution in [3.05, 3.63) is 71.9 Å². The monoisotopic (exact) mass is 412 g/mol. The zero-order chi connectivity index (χ0) is 21.2. The molecule has 7 nitrogen and oxygen atoms in total. The molecule has 0 aliphatic heterocycles. The third-order valence-corrected chi connectivity index (χ3v) is 4.62. The van der Waals surface area contributed by atoms with Gasteiger partial charge < -0.3 is 29.1 Å². The van der Waals surface area contributed by atoms with Crippen molar-refractivity contribution in [1.82, 2.24) is 10.3 Å². The first-order valence-electron chi connectivity index (χ1n) is 9.87. The molecule has 0 aliphatic rings. The van der Waals surface area contributed by atoms with Gasteiger partial charge in [0.15, 0.2) is 17.4 Å². The Kier molecular flexibility index (Phi) is 8.11. The van der Waals surface area contributed by atoms with Crippen molar-refractivity contribution in [1.29, 1.82) is 0 Å². The van der Waals surface area contributed by atoms with Crippen LogP contribution in [-0.2, 0) is 12.8 Å². The molecule has 1 atom stereocenters. The van der Waals surface area contributed by atoms with Gasteiger partial charge in [-0.2, -0.15) is 0 Å². The van der Waals surface area contributed by atoms with E-state index in [1.165, 1.54) is 0 Å². The van der Waals surface area contributed by atoms with Crippen LogP contribution in [0.5, 0.6) is 17.2 Å². The highest BCUT2D eigenvalue weighted by molar-refractivity contribution is 5.42. The van der Waals surface area contributed by atoms with Crippen molar-refractivity contribution < 1.29 is 23.7 Å². The number of hydrogen-bond donors (Lipinski definition) is 2. The van der Waals surface area contributed by atoms with Crippen LogP contribution in [0.3, 0.4) is 0 Å². The van der Waals surface area contributed by atoms with Crippen molar-refractivity contribution in [2.75, 3.05) is 33.9 Å². The Morgan fingerprint density at radius 3 is 2.50 bits per heavy atom. The minimum absolute atomic E-state index is 0.225. The molecule has 0 saturated heterocycles. The number of oxazole rings is 1. The van der Waals surface area contributed by atoms with E-state index in [1.807, 2.05) is 42.5 Å². The molecule has 0 saturated carbocycles. The zero-order valence-electron chi connectivity index (χ0n) is 17.3. The summed E-state index contributed by atoms with van der Waals surface area (Å²) >= 11 is 0. The number of aliphatic hydroxyl groups excluding tert-OH is 1. The molecule has 160 valence electrons. The van der Waals surface area contributed by atoms with E-state index < -0.39 is 6.10 Å². The van der Waals surface area contributed by atoms with Crippen LogP contribution < -0.4 is 19.5 Å². The second kappa shape index (κ2) is 11.2. The average Bonchev–Trinajstić information content (AvgIpc) is 3.29. The fourth-order valence-electron chi connectivity index (χ4n) is 3.01. The molecule has 2 aromatic carbocycles. The number of ether oxygens (including phenoxy) is 3. The zero-order valence-corrected chi connectivity index (χ0v) is 17.3. The van der Waals surface area contributed by atoms with Crippen LogP contribution >= 0.6 is 0 Å². The highest BCUT2D eigenvalue weighted by Crippen LogP contribution is 2.27. The van der Waals surface area contributed by atoms with Crippen LogP contribution in [0.25, 0.3) is 0 Å². The predicted molar refractivity (Wildman–Crippen MR) is 113 cm³/mol. The van der Waals surface area contributed by atoms with Gasteiger partial charge >= 0.3 is 0 Å². The van der Waals surface area contributed by atoms with Gasteiger partial charge in [0.1, 0.15) is 24.7 Å². The van der Waals surface area contributed by atoms with E-state index in [0.29, 0.717) is 24.6 Å². The molecular formula is C23H28N2O5. The fourth-order valence-corrected chi connectivity index (χ4v) is 3.01. The van der Waals surface area contributed by atoms with Crippen LogP contribution in [0, 0.1) is 0 Å². The number of nitrogens with one attached hydrogen (secondary N) is 1. The van der Waals surface area contributed by atoms with Crippen molar-refractivity contribution >= 4 is 0 Å². The minimum atomic E-state index is -0.595. The van der Waals surface area contributed by atoms with Crippen LogP contribution in [-0.4, -0.2) is 50.1 Å². The largest absolute Gasteiger partial charge is 0.493 e. The maximum Gasteiger partial charge on any atom is 0.198 e. The molecule has 30 heavy (non-hydrogen) atoms. The normalized spacial score (nSPS) is 11.8. The van der Waals surface area contributed by atoms with Crippen LogP contribution in [0.4, 0.5) is 0 Å². The summed E-state index contributed by atoms with van der Waals surface area (Å²) in [5, 5.41) is 13.4. The second-order valence-corrected chi connectivity index (χ2v) is 6.85. The van der Waals surface area contributed by atoms with Gasteiger partial charge in [-0.15, -0.1) is 0 Å². The lowest BCUT2D eigenvalue weighted by atomic mass is 10.1.